The molecule has 0 N–H and O–H groups in total. The van der Waals surface area contributed by atoms with Crippen LogP contribution >= 0.6 is 11.3 Å². The fourth-order valence-electron chi connectivity index (χ4n) is 3.08. The van der Waals surface area contributed by atoms with Crippen LogP contribution in [0.1, 0.15) is 11.1 Å². The minimum atomic E-state index is -0.228. The molecule has 2 aliphatic heterocycles. The minimum absolute atomic E-state index is 0.228. The first kappa shape index (κ1) is 14.9. The molecule has 23 heavy (non-hydrogen) atoms. The van der Waals surface area contributed by atoms with E-state index in [-0.39, 0.29) is 12.6 Å². The SMILES string of the molecule is Fc1cc2c(c(CN3CCN(c4nccs4)CC3)c1)OCOC2. The summed E-state index contributed by atoms with van der Waals surface area (Å²) in [5, 5.41) is 3.08. The summed E-state index contributed by atoms with van der Waals surface area (Å²) < 4.78 is 24.6. The molecule has 2 aromatic rings. The van der Waals surface area contributed by atoms with Crippen LogP contribution in [-0.4, -0.2) is 42.9 Å². The Morgan fingerprint density at radius 2 is 2.09 bits per heavy atom. The van der Waals surface area contributed by atoms with Crippen molar-refractivity contribution in [3.05, 3.63) is 40.7 Å². The Balaban J connectivity index is 1.44. The van der Waals surface area contributed by atoms with Crippen LogP contribution in [0.25, 0.3) is 0 Å². The van der Waals surface area contributed by atoms with Crippen LogP contribution < -0.4 is 9.64 Å². The molecule has 0 aliphatic carbocycles. The zero-order valence-corrected chi connectivity index (χ0v) is 13.5. The maximum absolute atomic E-state index is 13.8. The summed E-state index contributed by atoms with van der Waals surface area (Å²) in [6.45, 7) is 5.10. The van der Waals surface area contributed by atoms with Crippen molar-refractivity contribution < 1.29 is 13.9 Å². The van der Waals surface area contributed by atoms with E-state index in [1.807, 2.05) is 11.6 Å². The van der Waals surface area contributed by atoms with Crippen molar-refractivity contribution in [1.82, 2.24) is 9.88 Å². The molecule has 0 amide bonds. The molecule has 1 aromatic heterocycles. The predicted octanol–water partition coefficient (Wildman–Crippen LogP) is 2.47. The lowest BCUT2D eigenvalue weighted by atomic mass is 10.1. The number of piperazine rings is 1. The topological polar surface area (TPSA) is 37.8 Å². The van der Waals surface area contributed by atoms with Gasteiger partial charge in [0.05, 0.1) is 6.61 Å². The van der Waals surface area contributed by atoms with Crippen molar-refractivity contribution in [3.8, 4) is 5.75 Å². The molecular weight excluding hydrogens is 317 g/mol. The van der Waals surface area contributed by atoms with Gasteiger partial charge in [-0.25, -0.2) is 9.37 Å². The molecule has 0 radical (unpaired) electrons. The van der Waals surface area contributed by atoms with Gasteiger partial charge in [0.15, 0.2) is 11.9 Å². The number of aromatic nitrogens is 1. The fraction of sp³-hybridized carbons (Fsp3) is 0.438. The van der Waals surface area contributed by atoms with Crippen LogP contribution in [0, 0.1) is 5.82 Å². The Bertz CT molecular complexity index is 672. The zero-order valence-electron chi connectivity index (χ0n) is 12.7. The Labute approximate surface area is 138 Å². The largest absolute Gasteiger partial charge is 0.467 e. The quantitative estimate of drug-likeness (QED) is 0.861. The van der Waals surface area contributed by atoms with E-state index < -0.39 is 0 Å². The second-order valence-electron chi connectivity index (χ2n) is 5.74. The molecule has 1 aromatic carbocycles. The molecule has 4 rings (SSSR count). The van der Waals surface area contributed by atoms with Crippen molar-refractivity contribution in [3.63, 3.8) is 0 Å². The summed E-state index contributed by atoms with van der Waals surface area (Å²) in [7, 11) is 0. The van der Waals surface area contributed by atoms with E-state index in [4.69, 9.17) is 9.47 Å². The van der Waals surface area contributed by atoms with E-state index in [2.05, 4.69) is 14.8 Å². The number of benzene rings is 1. The van der Waals surface area contributed by atoms with Gasteiger partial charge in [0.25, 0.3) is 0 Å². The van der Waals surface area contributed by atoms with Gasteiger partial charge >= 0.3 is 0 Å². The molecule has 0 bridgehead atoms. The molecule has 0 saturated carbocycles. The van der Waals surface area contributed by atoms with Crippen molar-refractivity contribution in [2.75, 3.05) is 37.9 Å². The Morgan fingerprint density at radius 1 is 1.22 bits per heavy atom. The van der Waals surface area contributed by atoms with E-state index in [0.717, 1.165) is 48.2 Å². The number of rotatable bonds is 3. The van der Waals surface area contributed by atoms with Gasteiger partial charge in [-0.15, -0.1) is 11.3 Å². The van der Waals surface area contributed by atoms with Gasteiger partial charge in [0, 0.05) is 55.4 Å². The van der Waals surface area contributed by atoms with Crippen LogP contribution in [0.3, 0.4) is 0 Å². The Morgan fingerprint density at radius 3 is 2.87 bits per heavy atom. The molecule has 2 aliphatic rings. The van der Waals surface area contributed by atoms with Crippen molar-refractivity contribution >= 4 is 16.5 Å². The van der Waals surface area contributed by atoms with Gasteiger partial charge in [0.2, 0.25) is 0 Å². The van der Waals surface area contributed by atoms with Gasteiger partial charge in [0.1, 0.15) is 11.6 Å². The number of ether oxygens (including phenoxy) is 2. The highest BCUT2D eigenvalue weighted by Crippen LogP contribution is 2.30. The molecular formula is C16H18FN3O2S. The molecule has 1 saturated heterocycles. The third-order valence-electron chi connectivity index (χ3n) is 4.21. The standard InChI is InChI=1S/C16H18FN3O2S/c17-14-7-12(15-13(8-14)10-21-11-22-15)9-19-2-4-20(5-3-19)16-18-1-6-23-16/h1,6-8H,2-5,9-11H2. The molecule has 7 heteroatoms. The molecule has 122 valence electrons. The van der Waals surface area contributed by atoms with Crippen LogP contribution in [-0.2, 0) is 17.9 Å². The second-order valence-corrected chi connectivity index (χ2v) is 6.61. The highest BCUT2D eigenvalue weighted by atomic mass is 32.1. The molecule has 0 unspecified atom stereocenters. The monoisotopic (exact) mass is 335 g/mol. The average molecular weight is 335 g/mol. The summed E-state index contributed by atoms with van der Waals surface area (Å²) >= 11 is 1.67. The van der Waals surface area contributed by atoms with Gasteiger partial charge in [-0.2, -0.15) is 0 Å². The lowest BCUT2D eigenvalue weighted by molar-refractivity contribution is -0.0177. The lowest BCUT2D eigenvalue weighted by Crippen LogP contribution is -2.46. The third-order valence-corrected chi connectivity index (χ3v) is 5.04. The van der Waals surface area contributed by atoms with Crippen LogP contribution in [0.15, 0.2) is 23.7 Å². The zero-order chi connectivity index (χ0) is 15.6. The highest BCUT2D eigenvalue weighted by molar-refractivity contribution is 7.13. The van der Waals surface area contributed by atoms with Gasteiger partial charge < -0.3 is 14.4 Å². The van der Waals surface area contributed by atoms with Crippen LogP contribution in [0.4, 0.5) is 9.52 Å². The van der Waals surface area contributed by atoms with Crippen LogP contribution in [0.5, 0.6) is 5.75 Å². The summed E-state index contributed by atoms with van der Waals surface area (Å²) in [6, 6.07) is 3.08. The summed E-state index contributed by atoms with van der Waals surface area (Å²) in [5.41, 5.74) is 1.71. The first-order valence-electron chi connectivity index (χ1n) is 7.68. The first-order valence-corrected chi connectivity index (χ1v) is 8.56. The first-order chi connectivity index (χ1) is 11.3. The van der Waals surface area contributed by atoms with Crippen molar-refractivity contribution in [2.45, 2.75) is 13.2 Å². The highest BCUT2D eigenvalue weighted by Gasteiger charge is 2.22. The number of halogens is 1. The van der Waals surface area contributed by atoms with E-state index in [1.165, 1.54) is 6.07 Å². The molecule has 5 nitrogen and oxygen atoms in total. The predicted molar refractivity (Wildman–Crippen MR) is 86.3 cm³/mol. The molecule has 3 heterocycles. The van der Waals surface area contributed by atoms with E-state index in [0.29, 0.717) is 13.2 Å². The van der Waals surface area contributed by atoms with Crippen molar-refractivity contribution in [2.24, 2.45) is 0 Å². The second kappa shape index (κ2) is 6.43. The van der Waals surface area contributed by atoms with E-state index >= 15 is 0 Å². The smallest absolute Gasteiger partial charge is 0.189 e. The van der Waals surface area contributed by atoms with Gasteiger partial charge in [-0.1, -0.05) is 0 Å². The number of thiazole rings is 1. The normalized spacial score (nSPS) is 18.6. The lowest BCUT2D eigenvalue weighted by Gasteiger charge is -2.35. The average Bonchev–Trinajstić information content (AvgIpc) is 3.10. The van der Waals surface area contributed by atoms with E-state index in [1.54, 1.807) is 17.4 Å². The summed E-state index contributed by atoms with van der Waals surface area (Å²) in [5.74, 6) is 0.564. The number of anilines is 1. The summed E-state index contributed by atoms with van der Waals surface area (Å²) in [6.07, 6.45) is 1.84. The van der Waals surface area contributed by atoms with Gasteiger partial charge in [-0.05, 0) is 12.1 Å². The van der Waals surface area contributed by atoms with Crippen LogP contribution in [0.2, 0.25) is 0 Å². The Kier molecular flexibility index (Phi) is 4.15. The maximum Gasteiger partial charge on any atom is 0.189 e. The number of hydrogen-bond donors (Lipinski definition) is 0. The molecule has 0 spiro atoms. The molecule has 0 atom stereocenters. The third kappa shape index (κ3) is 3.17. The Hall–Kier alpha value is -1.70. The van der Waals surface area contributed by atoms with E-state index in [9.17, 15) is 4.39 Å². The number of fused-ring (bicyclic) bond motifs is 1. The van der Waals surface area contributed by atoms with Gasteiger partial charge in [-0.3, -0.25) is 4.90 Å². The summed E-state index contributed by atoms with van der Waals surface area (Å²) in [4.78, 5) is 8.99. The number of hydrogen-bond acceptors (Lipinski definition) is 6. The maximum atomic E-state index is 13.8. The van der Waals surface area contributed by atoms with Crippen molar-refractivity contribution in [1.29, 1.82) is 0 Å². The fourth-order valence-corrected chi connectivity index (χ4v) is 3.78. The minimum Gasteiger partial charge on any atom is -0.467 e. The number of nitrogens with zero attached hydrogens (tertiary/aromatic N) is 3. The molecule has 1 fully saturated rings.